The number of anilines is 2. The molecule has 2 rings (SSSR count). The Kier molecular flexibility index (Phi) is 4.47. The molecule has 0 unspecified atom stereocenters. The van der Waals surface area contributed by atoms with Crippen molar-refractivity contribution in [1.82, 2.24) is 0 Å². The number of benzene rings is 1. The van der Waals surface area contributed by atoms with Gasteiger partial charge in [0.1, 0.15) is 0 Å². The van der Waals surface area contributed by atoms with Crippen LogP contribution in [0.5, 0.6) is 0 Å². The van der Waals surface area contributed by atoms with Gasteiger partial charge in [0.15, 0.2) is 0 Å². The van der Waals surface area contributed by atoms with Crippen LogP contribution in [0.25, 0.3) is 0 Å². The van der Waals surface area contributed by atoms with E-state index in [9.17, 15) is 4.79 Å². The molecule has 1 aromatic heterocycles. The van der Waals surface area contributed by atoms with Crippen molar-refractivity contribution in [2.45, 2.75) is 0 Å². The summed E-state index contributed by atoms with van der Waals surface area (Å²) >= 11 is 11.4. The van der Waals surface area contributed by atoms with E-state index in [0.29, 0.717) is 16.3 Å². The molecular formula is C11H7Br3N2OS. The van der Waals surface area contributed by atoms with Gasteiger partial charge >= 0.3 is 0 Å². The molecule has 0 aliphatic rings. The number of carbonyl (C=O) groups is 1. The fourth-order valence-corrected chi connectivity index (χ4v) is 3.60. The first kappa shape index (κ1) is 14.0. The number of nitrogen functional groups attached to an aromatic ring is 1. The van der Waals surface area contributed by atoms with E-state index in [1.165, 1.54) is 11.3 Å². The molecule has 3 N–H and O–H groups in total. The molecule has 1 amide bonds. The molecule has 2 aromatic rings. The summed E-state index contributed by atoms with van der Waals surface area (Å²) in [5, 5.41) is 2.78. The first-order valence-corrected chi connectivity index (χ1v) is 7.98. The van der Waals surface area contributed by atoms with Gasteiger partial charge in [-0.05, 0) is 56.1 Å². The Hall–Kier alpha value is -0.370. The van der Waals surface area contributed by atoms with E-state index in [0.717, 1.165) is 12.7 Å². The van der Waals surface area contributed by atoms with Crippen molar-refractivity contribution in [3.63, 3.8) is 0 Å². The van der Waals surface area contributed by atoms with Crippen molar-refractivity contribution in [1.29, 1.82) is 0 Å². The molecule has 0 fully saturated rings. The molecule has 0 spiro atoms. The summed E-state index contributed by atoms with van der Waals surface area (Å²) in [4.78, 5) is 12.6. The fourth-order valence-electron chi connectivity index (χ4n) is 1.29. The van der Waals surface area contributed by atoms with Crippen LogP contribution in [0.1, 0.15) is 9.67 Å². The Labute approximate surface area is 133 Å². The van der Waals surface area contributed by atoms with Crippen molar-refractivity contribution in [3.05, 3.63) is 41.9 Å². The van der Waals surface area contributed by atoms with E-state index in [-0.39, 0.29) is 5.91 Å². The number of nitrogens with one attached hydrogen (secondary N) is 1. The van der Waals surface area contributed by atoms with Gasteiger partial charge < -0.3 is 11.1 Å². The SMILES string of the molecule is Nc1cc(Br)ccc1NC(=O)c1cc(Br)c(Br)s1. The van der Waals surface area contributed by atoms with E-state index < -0.39 is 0 Å². The second kappa shape index (κ2) is 5.73. The number of carbonyl (C=O) groups excluding carboxylic acids is 1. The van der Waals surface area contributed by atoms with Gasteiger partial charge in [-0.2, -0.15) is 0 Å². The van der Waals surface area contributed by atoms with Crippen LogP contribution in [-0.2, 0) is 0 Å². The Bertz CT molecular complexity index is 593. The molecule has 0 radical (unpaired) electrons. The average molecular weight is 455 g/mol. The highest BCUT2D eigenvalue weighted by atomic mass is 79.9. The molecule has 7 heteroatoms. The minimum absolute atomic E-state index is 0.180. The van der Waals surface area contributed by atoms with Gasteiger partial charge in [-0.3, -0.25) is 4.79 Å². The highest BCUT2D eigenvalue weighted by Gasteiger charge is 2.13. The molecule has 94 valence electrons. The van der Waals surface area contributed by atoms with Gasteiger partial charge in [0.05, 0.1) is 20.0 Å². The van der Waals surface area contributed by atoms with E-state index in [2.05, 4.69) is 53.1 Å². The Morgan fingerprint density at radius 2 is 1.94 bits per heavy atom. The summed E-state index contributed by atoms with van der Waals surface area (Å²) in [7, 11) is 0. The topological polar surface area (TPSA) is 55.1 Å². The third-order valence-electron chi connectivity index (χ3n) is 2.13. The number of halogens is 3. The van der Waals surface area contributed by atoms with Gasteiger partial charge in [0, 0.05) is 8.95 Å². The molecule has 0 bridgehead atoms. The number of nitrogens with two attached hydrogens (primary N) is 1. The maximum atomic E-state index is 12.0. The molecule has 0 aliphatic carbocycles. The number of hydrogen-bond donors (Lipinski definition) is 2. The van der Waals surface area contributed by atoms with E-state index in [1.807, 2.05) is 6.07 Å². The van der Waals surface area contributed by atoms with Gasteiger partial charge in [0.2, 0.25) is 0 Å². The fraction of sp³-hybridized carbons (Fsp3) is 0. The predicted octanol–water partition coefficient (Wildman–Crippen LogP) is 4.87. The molecule has 18 heavy (non-hydrogen) atoms. The lowest BCUT2D eigenvalue weighted by Gasteiger charge is -2.07. The maximum absolute atomic E-state index is 12.0. The Balaban J connectivity index is 2.21. The van der Waals surface area contributed by atoms with E-state index in [1.54, 1.807) is 18.2 Å². The normalized spacial score (nSPS) is 10.4. The second-order valence-corrected chi connectivity index (χ2v) is 7.56. The quantitative estimate of drug-likeness (QED) is 0.636. The van der Waals surface area contributed by atoms with Crippen LogP contribution in [0.15, 0.2) is 37.0 Å². The third kappa shape index (κ3) is 3.14. The highest BCUT2D eigenvalue weighted by Crippen LogP contribution is 2.33. The first-order chi connectivity index (χ1) is 8.47. The zero-order chi connectivity index (χ0) is 13.3. The van der Waals surface area contributed by atoms with Crippen LogP contribution in [0, 0.1) is 0 Å². The summed E-state index contributed by atoms with van der Waals surface area (Å²) < 4.78 is 2.62. The van der Waals surface area contributed by atoms with Gasteiger partial charge in [0.25, 0.3) is 5.91 Å². The largest absolute Gasteiger partial charge is 0.397 e. The van der Waals surface area contributed by atoms with Gasteiger partial charge in [-0.25, -0.2) is 0 Å². The number of rotatable bonds is 2. The minimum atomic E-state index is -0.180. The number of amides is 1. The van der Waals surface area contributed by atoms with Crippen LogP contribution in [0.2, 0.25) is 0 Å². The third-order valence-corrected chi connectivity index (χ3v) is 5.88. The van der Waals surface area contributed by atoms with Crippen LogP contribution < -0.4 is 11.1 Å². The molecule has 3 nitrogen and oxygen atoms in total. The van der Waals surface area contributed by atoms with E-state index in [4.69, 9.17) is 5.73 Å². The van der Waals surface area contributed by atoms with Crippen LogP contribution in [0.3, 0.4) is 0 Å². The van der Waals surface area contributed by atoms with Crippen LogP contribution in [0.4, 0.5) is 11.4 Å². The summed E-state index contributed by atoms with van der Waals surface area (Å²) in [6.45, 7) is 0. The van der Waals surface area contributed by atoms with Crippen molar-refractivity contribution >= 4 is 76.4 Å². The standard InChI is InChI=1S/C11H7Br3N2OS/c12-5-1-2-8(7(15)3-5)16-11(17)9-4-6(13)10(14)18-9/h1-4H,15H2,(H,16,17). The lowest BCUT2D eigenvalue weighted by molar-refractivity contribution is 0.103. The summed E-state index contributed by atoms with van der Waals surface area (Å²) in [6, 6.07) is 7.09. The zero-order valence-electron chi connectivity index (χ0n) is 8.84. The molecule has 0 aliphatic heterocycles. The number of thiophene rings is 1. The molecule has 0 saturated carbocycles. The summed E-state index contributed by atoms with van der Waals surface area (Å²) in [5.41, 5.74) is 6.94. The smallest absolute Gasteiger partial charge is 0.265 e. The lowest BCUT2D eigenvalue weighted by atomic mass is 10.2. The second-order valence-electron chi connectivity index (χ2n) is 3.42. The van der Waals surface area contributed by atoms with Crippen molar-refractivity contribution < 1.29 is 4.79 Å². The van der Waals surface area contributed by atoms with Crippen molar-refractivity contribution in [3.8, 4) is 0 Å². The summed E-state index contributed by atoms with van der Waals surface area (Å²) in [6.07, 6.45) is 0. The highest BCUT2D eigenvalue weighted by molar-refractivity contribution is 9.13. The monoisotopic (exact) mass is 452 g/mol. The molecule has 1 heterocycles. The first-order valence-electron chi connectivity index (χ1n) is 4.78. The van der Waals surface area contributed by atoms with Crippen LogP contribution >= 0.6 is 59.1 Å². The molecule has 0 saturated heterocycles. The summed E-state index contributed by atoms with van der Waals surface area (Å²) in [5.74, 6) is -0.180. The van der Waals surface area contributed by atoms with Crippen molar-refractivity contribution in [2.24, 2.45) is 0 Å². The zero-order valence-corrected chi connectivity index (χ0v) is 14.4. The predicted molar refractivity (Wildman–Crippen MR) is 86.2 cm³/mol. The van der Waals surface area contributed by atoms with Crippen LogP contribution in [-0.4, -0.2) is 5.91 Å². The van der Waals surface area contributed by atoms with Crippen molar-refractivity contribution in [2.75, 3.05) is 11.1 Å². The lowest BCUT2D eigenvalue weighted by Crippen LogP contribution is -2.11. The van der Waals surface area contributed by atoms with Gasteiger partial charge in [-0.15, -0.1) is 11.3 Å². The average Bonchev–Trinajstić information content (AvgIpc) is 2.63. The molecule has 1 aromatic carbocycles. The number of hydrogen-bond acceptors (Lipinski definition) is 3. The molecular weight excluding hydrogens is 448 g/mol. The Morgan fingerprint density at radius 1 is 1.22 bits per heavy atom. The maximum Gasteiger partial charge on any atom is 0.265 e. The molecule has 0 atom stereocenters. The van der Waals surface area contributed by atoms with Gasteiger partial charge in [-0.1, -0.05) is 15.9 Å². The Morgan fingerprint density at radius 3 is 2.50 bits per heavy atom. The minimum Gasteiger partial charge on any atom is -0.397 e. The van der Waals surface area contributed by atoms with E-state index >= 15 is 0 Å².